The van der Waals surface area contributed by atoms with Crippen LogP contribution in [0, 0.1) is 0 Å². The third kappa shape index (κ3) is 3.85. The van der Waals surface area contributed by atoms with E-state index in [-0.39, 0.29) is 23.6 Å². The molecular weight excluding hydrogens is 292 g/mol. The van der Waals surface area contributed by atoms with E-state index in [1.807, 2.05) is 32.0 Å². The predicted octanol–water partition coefficient (Wildman–Crippen LogP) is 2.56. The summed E-state index contributed by atoms with van der Waals surface area (Å²) in [5, 5.41) is 3.36. The van der Waals surface area contributed by atoms with E-state index in [0.29, 0.717) is 6.54 Å². The van der Waals surface area contributed by atoms with Crippen LogP contribution < -0.4 is 10.1 Å². The Hall–Kier alpha value is -1.59. The summed E-state index contributed by atoms with van der Waals surface area (Å²) in [7, 11) is 0. The first-order valence-corrected chi connectivity index (χ1v) is 8.30. The van der Waals surface area contributed by atoms with Crippen molar-refractivity contribution in [2.24, 2.45) is 0 Å². The van der Waals surface area contributed by atoms with E-state index in [1.165, 1.54) is 0 Å². The lowest BCUT2D eigenvalue weighted by Crippen LogP contribution is -2.47. The molecule has 2 aliphatic heterocycles. The summed E-state index contributed by atoms with van der Waals surface area (Å²) in [6, 6.07) is 5.65. The van der Waals surface area contributed by atoms with E-state index in [9.17, 15) is 4.79 Å². The molecule has 0 radical (unpaired) electrons. The van der Waals surface area contributed by atoms with E-state index in [2.05, 4.69) is 24.1 Å². The number of benzene rings is 1. The van der Waals surface area contributed by atoms with Gasteiger partial charge in [-0.1, -0.05) is 0 Å². The standard InChI is InChI=1S/C18H26N2O3/c1-12-8-20(9-13(2)22-12)10-16(21)14-5-6-17-15(7-14)19-11-18(3,4)23-17/h5-7,12-13,19H,8-11H2,1-4H3. The zero-order valence-corrected chi connectivity index (χ0v) is 14.4. The van der Waals surface area contributed by atoms with Crippen molar-refractivity contribution in [3.8, 4) is 5.75 Å². The van der Waals surface area contributed by atoms with Crippen molar-refractivity contribution in [2.45, 2.75) is 45.5 Å². The van der Waals surface area contributed by atoms with Crippen LogP contribution in [0.5, 0.6) is 5.75 Å². The van der Waals surface area contributed by atoms with Gasteiger partial charge in [0, 0.05) is 18.7 Å². The van der Waals surface area contributed by atoms with Gasteiger partial charge in [-0.25, -0.2) is 0 Å². The molecule has 1 aromatic carbocycles. The third-order valence-electron chi connectivity index (χ3n) is 4.25. The van der Waals surface area contributed by atoms with Gasteiger partial charge in [0.25, 0.3) is 0 Å². The molecule has 0 spiro atoms. The molecule has 2 aliphatic rings. The second-order valence-electron chi connectivity index (χ2n) is 7.30. The highest BCUT2D eigenvalue weighted by Gasteiger charge is 2.28. The second kappa shape index (κ2) is 6.13. The molecule has 5 nitrogen and oxygen atoms in total. The van der Waals surface area contributed by atoms with Gasteiger partial charge in [-0.3, -0.25) is 9.69 Å². The van der Waals surface area contributed by atoms with Crippen LogP contribution in [0.4, 0.5) is 5.69 Å². The molecule has 1 fully saturated rings. The second-order valence-corrected chi connectivity index (χ2v) is 7.30. The molecule has 5 heteroatoms. The number of anilines is 1. The molecule has 0 saturated carbocycles. The summed E-state index contributed by atoms with van der Waals surface area (Å²) < 4.78 is 11.6. The summed E-state index contributed by atoms with van der Waals surface area (Å²) >= 11 is 0. The van der Waals surface area contributed by atoms with E-state index in [1.54, 1.807) is 0 Å². The largest absolute Gasteiger partial charge is 0.484 e. The molecule has 2 atom stereocenters. The average molecular weight is 318 g/mol. The van der Waals surface area contributed by atoms with Crippen LogP contribution in [-0.2, 0) is 4.74 Å². The number of Topliss-reactive ketones (excluding diaryl/α,β-unsaturated/α-hetero) is 1. The van der Waals surface area contributed by atoms with Crippen LogP contribution in [0.25, 0.3) is 0 Å². The summed E-state index contributed by atoms with van der Waals surface area (Å²) in [5.41, 5.74) is 1.41. The number of nitrogens with one attached hydrogen (secondary N) is 1. The quantitative estimate of drug-likeness (QED) is 0.868. The lowest BCUT2D eigenvalue weighted by atomic mass is 10.0. The Morgan fingerprint density at radius 3 is 2.70 bits per heavy atom. The van der Waals surface area contributed by atoms with Crippen LogP contribution in [0.1, 0.15) is 38.1 Å². The Labute approximate surface area is 137 Å². The first-order valence-electron chi connectivity index (χ1n) is 8.30. The summed E-state index contributed by atoms with van der Waals surface area (Å²) in [6.45, 7) is 11.0. The minimum atomic E-state index is -0.224. The number of rotatable bonds is 3. The van der Waals surface area contributed by atoms with Crippen LogP contribution in [0.15, 0.2) is 18.2 Å². The van der Waals surface area contributed by atoms with Gasteiger partial charge >= 0.3 is 0 Å². The molecule has 0 aliphatic carbocycles. The zero-order valence-electron chi connectivity index (χ0n) is 14.4. The van der Waals surface area contributed by atoms with Gasteiger partial charge in [-0.2, -0.15) is 0 Å². The topological polar surface area (TPSA) is 50.8 Å². The zero-order chi connectivity index (χ0) is 16.6. The van der Waals surface area contributed by atoms with Crippen molar-refractivity contribution in [3.63, 3.8) is 0 Å². The molecular formula is C18H26N2O3. The molecule has 3 rings (SSSR count). The lowest BCUT2D eigenvalue weighted by molar-refractivity contribution is -0.0652. The van der Waals surface area contributed by atoms with Crippen LogP contribution in [0.3, 0.4) is 0 Å². The number of ketones is 1. The van der Waals surface area contributed by atoms with Crippen molar-refractivity contribution < 1.29 is 14.3 Å². The summed E-state index contributed by atoms with van der Waals surface area (Å²) in [5.74, 6) is 0.951. The number of fused-ring (bicyclic) bond motifs is 1. The minimum absolute atomic E-state index is 0.140. The maximum atomic E-state index is 12.6. The molecule has 0 bridgehead atoms. The first kappa shape index (κ1) is 16.3. The van der Waals surface area contributed by atoms with Gasteiger partial charge in [0.05, 0.1) is 31.0 Å². The average Bonchev–Trinajstić information content (AvgIpc) is 2.44. The van der Waals surface area contributed by atoms with Crippen molar-refractivity contribution in [3.05, 3.63) is 23.8 Å². The van der Waals surface area contributed by atoms with E-state index in [4.69, 9.17) is 9.47 Å². The molecule has 1 N–H and O–H groups in total. The highest BCUT2D eigenvalue weighted by Crippen LogP contribution is 2.33. The fourth-order valence-corrected chi connectivity index (χ4v) is 3.28. The fourth-order valence-electron chi connectivity index (χ4n) is 3.28. The van der Waals surface area contributed by atoms with E-state index in [0.717, 1.165) is 36.6 Å². The molecule has 126 valence electrons. The first-order chi connectivity index (χ1) is 10.8. The highest BCUT2D eigenvalue weighted by molar-refractivity contribution is 5.98. The molecule has 2 heterocycles. The number of nitrogens with zero attached hydrogens (tertiary/aromatic N) is 1. The Balaban J connectivity index is 1.69. The Morgan fingerprint density at radius 1 is 1.30 bits per heavy atom. The number of carbonyl (C=O) groups excluding carboxylic acids is 1. The molecule has 0 aromatic heterocycles. The van der Waals surface area contributed by atoms with Gasteiger partial charge in [-0.05, 0) is 45.9 Å². The lowest BCUT2D eigenvalue weighted by Gasteiger charge is -2.35. The van der Waals surface area contributed by atoms with Crippen molar-refractivity contribution in [1.82, 2.24) is 4.90 Å². The maximum Gasteiger partial charge on any atom is 0.176 e. The normalized spacial score (nSPS) is 26.8. The monoisotopic (exact) mass is 318 g/mol. The number of morpholine rings is 1. The van der Waals surface area contributed by atoms with Crippen LogP contribution >= 0.6 is 0 Å². The molecule has 1 saturated heterocycles. The van der Waals surface area contributed by atoms with E-state index < -0.39 is 0 Å². The Bertz CT molecular complexity index is 590. The van der Waals surface area contributed by atoms with Crippen LogP contribution in [-0.4, -0.2) is 54.7 Å². The smallest absolute Gasteiger partial charge is 0.176 e. The maximum absolute atomic E-state index is 12.6. The van der Waals surface area contributed by atoms with E-state index >= 15 is 0 Å². The number of ether oxygens (including phenoxy) is 2. The molecule has 1 aromatic rings. The molecule has 0 amide bonds. The van der Waals surface area contributed by atoms with Gasteiger partial charge in [0.1, 0.15) is 11.4 Å². The molecule has 23 heavy (non-hydrogen) atoms. The number of carbonyl (C=O) groups is 1. The number of hydrogen-bond acceptors (Lipinski definition) is 5. The summed E-state index contributed by atoms with van der Waals surface area (Å²) in [6.07, 6.45) is 0.347. The van der Waals surface area contributed by atoms with Crippen molar-refractivity contribution >= 4 is 11.5 Å². The van der Waals surface area contributed by atoms with Gasteiger partial charge in [0.15, 0.2) is 5.78 Å². The van der Waals surface area contributed by atoms with Gasteiger partial charge < -0.3 is 14.8 Å². The van der Waals surface area contributed by atoms with Crippen molar-refractivity contribution in [2.75, 3.05) is 31.5 Å². The Kier molecular flexibility index (Phi) is 4.34. The van der Waals surface area contributed by atoms with Crippen molar-refractivity contribution in [1.29, 1.82) is 0 Å². The minimum Gasteiger partial charge on any atom is -0.484 e. The predicted molar refractivity (Wildman–Crippen MR) is 90.4 cm³/mol. The Morgan fingerprint density at radius 2 is 2.00 bits per heavy atom. The SMILES string of the molecule is CC1CN(CC(=O)c2ccc3c(c2)NCC(C)(C)O3)CC(C)O1. The van der Waals surface area contributed by atoms with Gasteiger partial charge in [-0.15, -0.1) is 0 Å². The van der Waals surface area contributed by atoms with Crippen LogP contribution in [0.2, 0.25) is 0 Å². The molecule has 2 unspecified atom stereocenters. The highest BCUT2D eigenvalue weighted by atomic mass is 16.5. The third-order valence-corrected chi connectivity index (χ3v) is 4.25. The fraction of sp³-hybridized carbons (Fsp3) is 0.611. The van der Waals surface area contributed by atoms with Gasteiger partial charge in [0.2, 0.25) is 0 Å². The summed E-state index contributed by atoms with van der Waals surface area (Å²) in [4.78, 5) is 14.8. The number of hydrogen-bond donors (Lipinski definition) is 1.